The number of ether oxygens (including phenoxy) is 2. The molecule has 3 heterocycles. The van der Waals surface area contributed by atoms with Crippen LogP contribution in [0.5, 0.6) is 0 Å². The molecule has 2 saturated heterocycles. The van der Waals surface area contributed by atoms with E-state index in [-0.39, 0.29) is 36.6 Å². The molecule has 1 unspecified atom stereocenters. The van der Waals surface area contributed by atoms with Crippen LogP contribution in [0.3, 0.4) is 0 Å². The van der Waals surface area contributed by atoms with Gasteiger partial charge in [-0.15, -0.1) is 24.8 Å². The lowest BCUT2D eigenvalue weighted by molar-refractivity contribution is -0.119. The smallest absolute Gasteiger partial charge is 0.241 e. The van der Waals surface area contributed by atoms with E-state index in [9.17, 15) is 4.79 Å². The van der Waals surface area contributed by atoms with E-state index in [4.69, 9.17) is 20.2 Å². The molecule has 2 aliphatic rings. The Labute approximate surface area is 180 Å². The third-order valence-electron chi connectivity index (χ3n) is 5.00. The minimum Gasteiger partial charge on any atom is -0.381 e. The van der Waals surface area contributed by atoms with E-state index < -0.39 is 6.04 Å². The van der Waals surface area contributed by atoms with Crippen molar-refractivity contribution in [2.75, 3.05) is 49.7 Å². The number of fused-ring (bicyclic) bond motifs is 1. The number of carbonyl (C=O) groups is 1. The molecule has 1 amide bonds. The first-order chi connectivity index (χ1) is 12.7. The Hall–Kier alpha value is -1.16. The number of rotatable bonds is 4. The maximum absolute atomic E-state index is 12.5. The molecule has 2 fully saturated rings. The van der Waals surface area contributed by atoms with Gasteiger partial charge in [-0.2, -0.15) is 0 Å². The number of carbonyl (C=O) groups excluding carboxylic acids is 1. The molecule has 10 heteroatoms. The fourth-order valence-corrected chi connectivity index (χ4v) is 4.45. The quantitative estimate of drug-likeness (QED) is 0.746. The van der Waals surface area contributed by atoms with Crippen molar-refractivity contribution in [3.05, 3.63) is 18.2 Å². The Morgan fingerprint density at radius 1 is 1.18 bits per heavy atom. The lowest BCUT2D eigenvalue weighted by Crippen LogP contribution is -2.43. The normalized spacial score (nSPS) is 18.8. The lowest BCUT2D eigenvalue weighted by atomic mass is 9.92. The van der Waals surface area contributed by atoms with E-state index in [2.05, 4.69) is 10.2 Å². The van der Waals surface area contributed by atoms with Crippen molar-refractivity contribution in [3.63, 3.8) is 0 Å². The van der Waals surface area contributed by atoms with Gasteiger partial charge in [-0.1, -0.05) is 11.3 Å². The molecule has 1 aromatic carbocycles. The topological polar surface area (TPSA) is 89.7 Å². The van der Waals surface area contributed by atoms with Gasteiger partial charge in [0, 0.05) is 32.0 Å². The molecule has 4 rings (SSSR count). The molecule has 1 aromatic heterocycles. The molecule has 0 saturated carbocycles. The number of morpholine rings is 1. The van der Waals surface area contributed by atoms with E-state index >= 15 is 0 Å². The molecule has 3 N–H and O–H groups in total. The number of amides is 1. The number of nitrogens with zero attached hydrogens (tertiary/aromatic N) is 2. The summed E-state index contributed by atoms with van der Waals surface area (Å²) in [6.07, 6.45) is 1.68. The summed E-state index contributed by atoms with van der Waals surface area (Å²) < 4.78 is 11.8. The highest BCUT2D eigenvalue weighted by atomic mass is 35.5. The molecule has 2 aliphatic heterocycles. The van der Waals surface area contributed by atoms with E-state index in [0.717, 1.165) is 60.2 Å². The van der Waals surface area contributed by atoms with Crippen molar-refractivity contribution >= 4 is 63.1 Å². The molecule has 0 radical (unpaired) electrons. The highest BCUT2D eigenvalue weighted by molar-refractivity contribution is 7.22. The lowest BCUT2D eigenvalue weighted by Gasteiger charge is -2.26. The van der Waals surface area contributed by atoms with Gasteiger partial charge in [-0.3, -0.25) is 4.79 Å². The summed E-state index contributed by atoms with van der Waals surface area (Å²) in [5, 5.41) is 3.97. The van der Waals surface area contributed by atoms with Crippen LogP contribution in [0, 0.1) is 5.92 Å². The number of anilines is 2. The average Bonchev–Trinajstić information content (AvgIpc) is 3.12. The van der Waals surface area contributed by atoms with Crippen LogP contribution < -0.4 is 16.0 Å². The van der Waals surface area contributed by atoms with Crippen molar-refractivity contribution in [1.82, 2.24) is 4.98 Å². The van der Waals surface area contributed by atoms with Gasteiger partial charge in [0.15, 0.2) is 5.13 Å². The fourth-order valence-electron chi connectivity index (χ4n) is 3.39. The molecule has 28 heavy (non-hydrogen) atoms. The second-order valence-corrected chi connectivity index (χ2v) is 7.75. The molecule has 0 bridgehead atoms. The van der Waals surface area contributed by atoms with Crippen LogP contribution in [-0.4, -0.2) is 56.5 Å². The van der Waals surface area contributed by atoms with Gasteiger partial charge in [0.05, 0.1) is 29.5 Å². The van der Waals surface area contributed by atoms with Crippen molar-refractivity contribution in [1.29, 1.82) is 0 Å². The number of aromatic nitrogens is 1. The van der Waals surface area contributed by atoms with Crippen molar-refractivity contribution in [2.45, 2.75) is 18.9 Å². The summed E-state index contributed by atoms with van der Waals surface area (Å²) in [5.41, 5.74) is 7.87. The van der Waals surface area contributed by atoms with Gasteiger partial charge in [0.1, 0.15) is 0 Å². The van der Waals surface area contributed by atoms with Crippen molar-refractivity contribution in [3.8, 4) is 0 Å². The number of thiazole rings is 1. The molecule has 0 aliphatic carbocycles. The summed E-state index contributed by atoms with van der Waals surface area (Å²) in [4.78, 5) is 19.4. The summed E-state index contributed by atoms with van der Waals surface area (Å²) in [5.74, 6) is 0.0537. The van der Waals surface area contributed by atoms with Crippen LogP contribution in [0.15, 0.2) is 18.2 Å². The number of hydrogen-bond acceptors (Lipinski definition) is 7. The van der Waals surface area contributed by atoms with Gasteiger partial charge in [-0.05, 0) is 37.0 Å². The Bertz CT molecular complexity index is 779. The van der Waals surface area contributed by atoms with Gasteiger partial charge < -0.3 is 25.4 Å². The average molecular weight is 449 g/mol. The van der Waals surface area contributed by atoms with Gasteiger partial charge >= 0.3 is 0 Å². The number of hydrogen-bond donors (Lipinski definition) is 2. The maximum Gasteiger partial charge on any atom is 0.241 e. The number of nitrogens with one attached hydrogen (secondary N) is 1. The molecule has 2 aromatic rings. The first-order valence-electron chi connectivity index (χ1n) is 9.08. The molecule has 156 valence electrons. The zero-order valence-corrected chi connectivity index (χ0v) is 17.9. The Morgan fingerprint density at radius 2 is 1.86 bits per heavy atom. The van der Waals surface area contributed by atoms with E-state index in [1.165, 1.54) is 0 Å². The van der Waals surface area contributed by atoms with Crippen molar-refractivity contribution in [2.24, 2.45) is 11.7 Å². The molecule has 0 spiro atoms. The number of halogens is 2. The SMILES string of the molecule is Cl.Cl.NC(C(=O)Nc1ccc2nc(N3CCOCC3)sc2c1)C1CCOCC1. The van der Waals surface area contributed by atoms with Gasteiger partial charge in [-0.25, -0.2) is 4.98 Å². The molecule has 7 nitrogen and oxygen atoms in total. The molecule has 1 atom stereocenters. The predicted octanol–water partition coefficient (Wildman–Crippen LogP) is 2.67. The predicted molar refractivity (Wildman–Crippen MR) is 117 cm³/mol. The zero-order chi connectivity index (χ0) is 17.9. The van der Waals surface area contributed by atoms with Crippen LogP contribution in [0.4, 0.5) is 10.8 Å². The zero-order valence-electron chi connectivity index (χ0n) is 15.5. The highest BCUT2D eigenvalue weighted by Crippen LogP contribution is 2.31. The van der Waals surface area contributed by atoms with E-state index in [1.807, 2.05) is 18.2 Å². The second kappa shape index (κ2) is 10.6. The van der Waals surface area contributed by atoms with Crippen LogP contribution in [-0.2, 0) is 14.3 Å². The van der Waals surface area contributed by atoms with E-state index in [0.29, 0.717) is 13.2 Å². The first-order valence-corrected chi connectivity index (χ1v) is 9.90. The number of nitrogens with two attached hydrogens (primary N) is 1. The van der Waals surface area contributed by atoms with Gasteiger partial charge in [0.25, 0.3) is 0 Å². The summed E-state index contributed by atoms with van der Waals surface area (Å²) >= 11 is 1.64. The maximum atomic E-state index is 12.5. The standard InChI is InChI=1S/C18H24N4O3S.2ClH/c19-16(12-3-7-24-8-4-12)17(23)20-13-1-2-14-15(11-13)26-18(21-14)22-5-9-25-10-6-22;;/h1-2,11-12,16H,3-10,19H2,(H,20,23);2*1H. The Kier molecular flexibility index (Phi) is 8.73. The van der Waals surface area contributed by atoms with Crippen LogP contribution >= 0.6 is 36.2 Å². The van der Waals surface area contributed by atoms with Crippen molar-refractivity contribution < 1.29 is 14.3 Å². The molecular weight excluding hydrogens is 423 g/mol. The minimum absolute atomic E-state index is 0. The first kappa shape index (κ1) is 23.1. The fraction of sp³-hybridized carbons (Fsp3) is 0.556. The Morgan fingerprint density at radius 3 is 2.57 bits per heavy atom. The third-order valence-corrected chi connectivity index (χ3v) is 6.08. The van der Waals surface area contributed by atoms with Crippen LogP contribution in [0.2, 0.25) is 0 Å². The number of benzene rings is 1. The van der Waals surface area contributed by atoms with Crippen LogP contribution in [0.25, 0.3) is 10.2 Å². The molecular formula is C18H26Cl2N4O3S. The Balaban J connectivity index is 0.00000140. The van der Waals surface area contributed by atoms with Gasteiger partial charge in [0.2, 0.25) is 5.91 Å². The second-order valence-electron chi connectivity index (χ2n) is 6.74. The minimum atomic E-state index is -0.500. The monoisotopic (exact) mass is 448 g/mol. The van der Waals surface area contributed by atoms with E-state index in [1.54, 1.807) is 11.3 Å². The summed E-state index contributed by atoms with van der Waals surface area (Å²) in [6.45, 7) is 4.57. The highest BCUT2D eigenvalue weighted by Gasteiger charge is 2.26. The summed E-state index contributed by atoms with van der Waals surface area (Å²) in [7, 11) is 0. The summed E-state index contributed by atoms with van der Waals surface area (Å²) in [6, 6.07) is 5.32. The largest absolute Gasteiger partial charge is 0.381 e. The van der Waals surface area contributed by atoms with Crippen LogP contribution in [0.1, 0.15) is 12.8 Å². The third kappa shape index (κ3) is 5.25.